The van der Waals surface area contributed by atoms with Gasteiger partial charge < -0.3 is 4.74 Å². The van der Waals surface area contributed by atoms with Crippen LogP contribution in [-0.2, 0) is 10.0 Å². The van der Waals surface area contributed by atoms with Crippen molar-refractivity contribution in [2.45, 2.75) is 10.6 Å². The van der Waals surface area contributed by atoms with E-state index in [1.165, 1.54) is 10.4 Å². The molecular weight excluding hydrogens is 398 g/mol. The molecule has 0 saturated heterocycles. The van der Waals surface area contributed by atoms with E-state index in [2.05, 4.69) is 15.9 Å². The van der Waals surface area contributed by atoms with E-state index in [-0.39, 0.29) is 4.21 Å². The summed E-state index contributed by atoms with van der Waals surface area (Å²) in [4.78, 5) is 0. The highest BCUT2D eigenvalue weighted by atomic mass is 79.9. The highest BCUT2D eigenvalue weighted by Gasteiger charge is 2.30. The zero-order valence-corrected chi connectivity index (χ0v) is 14.7. The van der Waals surface area contributed by atoms with Gasteiger partial charge >= 0.3 is 0 Å². The lowest BCUT2D eigenvalue weighted by atomic mass is 10.3. The van der Waals surface area contributed by atoms with Crippen molar-refractivity contribution in [2.75, 3.05) is 17.5 Å². The van der Waals surface area contributed by atoms with E-state index < -0.39 is 10.0 Å². The Kier molecular flexibility index (Phi) is 4.18. The maximum Gasteiger partial charge on any atom is 0.274 e. The normalized spacial score (nSPS) is 15.2. The molecule has 3 rings (SSSR count). The van der Waals surface area contributed by atoms with E-state index in [1.807, 2.05) is 6.07 Å². The van der Waals surface area contributed by atoms with Crippen LogP contribution in [0.1, 0.15) is 6.42 Å². The van der Waals surface area contributed by atoms with Gasteiger partial charge in [0.2, 0.25) is 0 Å². The predicted molar refractivity (Wildman–Crippen MR) is 88.1 cm³/mol. The number of hydrogen-bond donors (Lipinski definition) is 0. The van der Waals surface area contributed by atoms with Gasteiger partial charge in [0.15, 0.2) is 0 Å². The van der Waals surface area contributed by atoms with Gasteiger partial charge in [-0.25, -0.2) is 8.42 Å². The van der Waals surface area contributed by atoms with Gasteiger partial charge in [-0.05, 0) is 34.1 Å². The van der Waals surface area contributed by atoms with Crippen molar-refractivity contribution in [3.05, 3.63) is 39.1 Å². The molecule has 1 aromatic carbocycles. The molecule has 4 nitrogen and oxygen atoms in total. The number of nitrogens with zero attached hydrogens (tertiary/aromatic N) is 1. The summed E-state index contributed by atoms with van der Waals surface area (Å²) in [7, 11) is -3.64. The lowest BCUT2D eigenvalue weighted by Crippen LogP contribution is -2.31. The number of halogens is 2. The molecule has 2 heterocycles. The maximum atomic E-state index is 12.9. The smallest absolute Gasteiger partial charge is 0.274 e. The van der Waals surface area contributed by atoms with Crippen LogP contribution in [0.15, 0.2) is 38.3 Å². The molecule has 0 aliphatic carbocycles. The molecule has 1 aromatic heterocycles. The number of ether oxygens (including phenoxy) is 1. The predicted octanol–water partition coefficient (Wildman–Crippen LogP) is 4.14. The molecule has 112 valence electrons. The second-order valence-corrected chi connectivity index (χ2v) is 9.30. The molecule has 1 aliphatic rings. The number of sulfonamides is 1. The summed E-state index contributed by atoms with van der Waals surface area (Å²) in [6, 6.07) is 8.63. The molecule has 0 amide bonds. The summed E-state index contributed by atoms with van der Waals surface area (Å²) < 4.78 is 33.6. The van der Waals surface area contributed by atoms with Gasteiger partial charge in [0.25, 0.3) is 10.0 Å². The first-order valence-electron chi connectivity index (χ1n) is 6.19. The van der Waals surface area contributed by atoms with Crippen LogP contribution in [0.2, 0.25) is 5.02 Å². The van der Waals surface area contributed by atoms with E-state index in [9.17, 15) is 8.42 Å². The minimum Gasteiger partial charge on any atom is -0.491 e. The molecule has 1 aliphatic heterocycles. The van der Waals surface area contributed by atoms with Gasteiger partial charge in [-0.1, -0.05) is 23.7 Å². The number of anilines is 1. The Bertz CT molecular complexity index is 756. The van der Waals surface area contributed by atoms with Gasteiger partial charge in [-0.2, -0.15) is 0 Å². The van der Waals surface area contributed by atoms with Crippen molar-refractivity contribution in [1.82, 2.24) is 0 Å². The Morgan fingerprint density at radius 1 is 1.33 bits per heavy atom. The summed E-state index contributed by atoms with van der Waals surface area (Å²) in [5.41, 5.74) is 0.565. The Morgan fingerprint density at radius 3 is 2.81 bits per heavy atom. The third-order valence-electron chi connectivity index (χ3n) is 3.06. The van der Waals surface area contributed by atoms with Gasteiger partial charge in [-0.3, -0.25) is 4.31 Å². The summed E-state index contributed by atoms with van der Waals surface area (Å²) in [6.45, 7) is 0.879. The zero-order valence-electron chi connectivity index (χ0n) is 10.8. The van der Waals surface area contributed by atoms with Gasteiger partial charge in [0.05, 0.1) is 21.1 Å². The lowest BCUT2D eigenvalue weighted by molar-refractivity contribution is 0.322. The molecule has 21 heavy (non-hydrogen) atoms. The number of fused-ring (bicyclic) bond motifs is 1. The summed E-state index contributed by atoms with van der Waals surface area (Å²) in [5.74, 6) is 0.584. The zero-order chi connectivity index (χ0) is 15.0. The molecule has 0 atom stereocenters. The van der Waals surface area contributed by atoms with Crippen LogP contribution in [0.4, 0.5) is 5.69 Å². The number of para-hydroxylation sites is 2. The average Bonchev–Trinajstić information content (AvgIpc) is 2.69. The Morgan fingerprint density at radius 2 is 2.10 bits per heavy atom. The van der Waals surface area contributed by atoms with E-state index in [4.69, 9.17) is 16.3 Å². The van der Waals surface area contributed by atoms with Crippen molar-refractivity contribution >= 4 is 54.6 Å². The summed E-state index contributed by atoms with van der Waals surface area (Å²) >= 11 is 10.3. The molecular formula is C13H11BrClNO3S2. The number of thiophene rings is 1. The fourth-order valence-corrected chi connectivity index (χ4v) is 6.14. The summed E-state index contributed by atoms with van der Waals surface area (Å²) in [5, 5.41) is 0.401. The van der Waals surface area contributed by atoms with Crippen molar-refractivity contribution in [3.8, 4) is 5.75 Å². The number of rotatable bonds is 2. The first-order chi connectivity index (χ1) is 10.00. The second kappa shape index (κ2) is 5.79. The highest BCUT2D eigenvalue weighted by Crippen LogP contribution is 2.39. The fourth-order valence-electron chi connectivity index (χ4n) is 2.11. The third kappa shape index (κ3) is 2.79. The monoisotopic (exact) mass is 407 g/mol. The van der Waals surface area contributed by atoms with Crippen molar-refractivity contribution < 1.29 is 13.2 Å². The van der Waals surface area contributed by atoms with Gasteiger partial charge in [0.1, 0.15) is 9.96 Å². The fraction of sp³-hybridized carbons (Fsp3) is 0.231. The average molecular weight is 409 g/mol. The van der Waals surface area contributed by atoms with Crippen LogP contribution in [0.25, 0.3) is 0 Å². The Hall–Kier alpha value is -0.760. The van der Waals surface area contributed by atoms with Crippen molar-refractivity contribution in [2.24, 2.45) is 0 Å². The molecule has 0 bridgehead atoms. The SMILES string of the molecule is O=S(=O)(c1cc(Cl)c(Br)s1)N1CCCOc2ccccc21. The largest absolute Gasteiger partial charge is 0.491 e. The van der Waals surface area contributed by atoms with Crippen LogP contribution in [-0.4, -0.2) is 21.6 Å². The summed E-state index contributed by atoms with van der Waals surface area (Å²) in [6.07, 6.45) is 0.633. The first kappa shape index (κ1) is 15.1. The van der Waals surface area contributed by atoms with Gasteiger partial charge in [-0.15, -0.1) is 11.3 Å². The molecule has 0 unspecified atom stereocenters. The van der Waals surface area contributed by atoms with Crippen LogP contribution in [0, 0.1) is 0 Å². The van der Waals surface area contributed by atoms with Crippen LogP contribution in [0.5, 0.6) is 5.75 Å². The van der Waals surface area contributed by atoms with Crippen molar-refractivity contribution in [1.29, 1.82) is 0 Å². The molecule has 0 fully saturated rings. The molecule has 0 radical (unpaired) electrons. The molecule has 0 N–H and O–H groups in total. The van der Waals surface area contributed by atoms with Crippen LogP contribution >= 0.6 is 38.9 Å². The van der Waals surface area contributed by atoms with Gasteiger partial charge in [0, 0.05) is 13.0 Å². The van der Waals surface area contributed by atoms with E-state index >= 15 is 0 Å². The number of benzene rings is 1. The molecule has 0 saturated carbocycles. The lowest BCUT2D eigenvalue weighted by Gasteiger charge is -2.22. The number of hydrogen-bond acceptors (Lipinski definition) is 4. The van der Waals surface area contributed by atoms with E-state index in [0.717, 1.165) is 11.3 Å². The maximum absolute atomic E-state index is 12.9. The third-order valence-corrected chi connectivity index (χ3v) is 7.80. The molecule has 2 aromatic rings. The highest BCUT2D eigenvalue weighted by molar-refractivity contribution is 9.11. The minimum absolute atomic E-state index is 0.219. The standard InChI is InChI=1S/C13H11BrClNO3S2/c14-13-9(15)8-12(20-13)21(17,18)16-6-3-7-19-11-5-2-1-4-10(11)16/h1-2,4-5,8H,3,6-7H2. The Labute approximate surface area is 140 Å². The molecule has 0 spiro atoms. The quantitative estimate of drug-likeness (QED) is 0.750. The van der Waals surface area contributed by atoms with E-state index in [0.29, 0.717) is 39.8 Å². The molecule has 8 heteroatoms. The Balaban J connectivity index is 2.10. The van der Waals surface area contributed by atoms with Crippen molar-refractivity contribution in [3.63, 3.8) is 0 Å². The topological polar surface area (TPSA) is 46.6 Å². The first-order valence-corrected chi connectivity index (χ1v) is 9.62. The van der Waals surface area contributed by atoms with E-state index in [1.54, 1.807) is 18.2 Å². The van der Waals surface area contributed by atoms with Crippen LogP contribution in [0.3, 0.4) is 0 Å². The second-order valence-electron chi connectivity index (χ2n) is 4.43. The van der Waals surface area contributed by atoms with Crippen LogP contribution < -0.4 is 9.04 Å². The minimum atomic E-state index is -3.64.